The van der Waals surface area contributed by atoms with E-state index in [-0.39, 0.29) is 24.0 Å². The van der Waals surface area contributed by atoms with Gasteiger partial charge in [-0.15, -0.1) is 24.0 Å². The summed E-state index contributed by atoms with van der Waals surface area (Å²) in [4.78, 5) is 12.6. The minimum absolute atomic E-state index is 0. The highest BCUT2D eigenvalue weighted by molar-refractivity contribution is 14.0. The summed E-state index contributed by atoms with van der Waals surface area (Å²) in [6.45, 7) is 1.24. The number of guanidine groups is 1. The SMILES string of the molecule is CN=C(NCc1ccnc(-n2ccnc2)c1)NCc1ccccc1Cl.I. The Kier molecular flexibility index (Phi) is 7.86. The molecule has 0 aliphatic rings. The number of halogens is 2. The highest BCUT2D eigenvalue weighted by atomic mass is 127. The van der Waals surface area contributed by atoms with Crippen LogP contribution in [0.15, 0.2) is 66.3 Å². The molecule has 0 saturated heterocycles. The molecule has 0 unspecified atom stereocenters. The number of nitrogens with one attached hydrogen (secondary N) is 2. The third-order valence-corrected chi connectivity index (χ3v) is 4.04. The maximum absolute atomic E-state index is 6.18. The molecule has 0 radical (unpaired) electrons. The number of aliphatic imine (C=N–C) groups is 1. The van der Waals surface area contributed by atoms with E-state index in [1.807, 2.05) is 47.2 Å². The first-order valence-electron chi connectivity index (χ1n) is 7.87. The van der Waals surface area contributed by atoms with Crippen LogP contribution in [0.2, 0.25) is 5.02 Å². The van der Waals surface area contributed by atoms with Crippen molar-refractivity contribution < 1.29 is 0 Å². The molecule has 0 atom stereocenters. The highest BCUT2D eigenvalue weighted by Crippen LogP contribution is 2.14. The van der Waals surface area contributed by atoms with Gasteiger partial charge >= 0.3 is 0 Å². The summed E-state index contributed by atoms with van der Waals surface area (Å²) >= 11 is 6.18. The van der Waals surface area contributed by atoms with Crippen molar-refractivity contribution in [3.63, 3.8) is 0 Å². The molecule has 0 saturated carbocycles. The van der Waals surface area contributed by atoms with E-state index >= 15 is 0 Å². The van der Waals surface area contributed by atoms with Gasteiger partial charge in [0.2, 0.25) is 0 Å². The predicted molar refractivity (Wildman–Crippen MR) is 115 cm³/mol. The Balaban J connectivity index is 0.00000243. The largest absolute Gasteiger partial charge is 0.352 e. The standard InChI is InChI=1S/C18H19ClN6.HI/c1-20-18(24-12-15-4-2-3-5-16(15)19)23-11-14-6-7-22-17(10-14)25-9-8-21-13-25;/h2-10,13H,11-12H2,1H3,(H2,20,23,24);1H. The topological polar surface area (TPSA) is 67.1 Å². The van der Waals surface area contributed by atoms with Gasteiger partial charge in [0.1, 0.15) is 12.1 Å². The molecule has 0 fully saturated rings. The van der Waals surface area contributed by atoms with E-state index in [2.05, 4.69) is 25.6 Å². The second-order valence-corrected chi connectivity index (χ2v) is 5.77. The molecule has 1 aromatic carbocycles. The maximum atomic E-state index is 6.18. The first-order chi connectivity index (χ1) is 12.3. The molecule has 8 heteroatoms. The third-order valence-electron chi connectivity index (χ3n) is 3.67. The minimum atomic E-state index is 0. The zero-order chi connectivity index (χ0) is 17.5. The van der Waals surface area contributed by atoms with E-state index in [9.17, 15) is 0 Å². The summed E-state index contributed by atoms with van der Waals surface area (Å²) in [6, 6.07) is 11.7. The van der Waals surface area contributed by atoms with Gasteiger partial charge in [-0.25, -0.2) is 9.97 Å². The first-order valence-corrected chi connectivity index (χ1v) is 8.25. The molecule has 2 aromatic heterocycles. The fraction of sp³-hybridized carbons (Fsp3) is 0.167. The van der Waals surface area contributed by atoms with Crippen LogP contribution in [0, 0.1) is 0 Å². The van der Waals surface area contributed by atoms with Gasteiger partial charge in [0.05, 0.1) is 0 Å². The van der Waals surface area contributed by atoms with Gasteiger partial charge in [-0.1, -0.05) is 29.8 Å². The Hall–Kier alpha value is -2.13. The fourth-order valence-corrected chi connectivity index (χ4v) is 2.54. The van der Waals surface area contributed by atoms with E-state index < -0.39 is 0 Å². The number of hydrogen-bond acceptors (Lipinski definition) is 3. The van der Waals surface area contributed by atoms with Crippen molar-refractivity contribution in [2.75, 3.05) is 7.05 Å². The van der Waals surface area contributed by atoms with Gasteiger partial charge in [0.25, 0.3) is 0 Å². The molecule has 6 nitrogen and oxygen atoms in total. The van der Waals surface area contributed by atoms with Crippen LogP contribution in [-0.4, -0.2) is 27.5 Å². The number of imidazole rings is 1. The normalized spacial score (nSPS) is 10.9. The molecular formula is C18H20ClIN6. The quantitative estimate of drug-likeness (QED) is 0.332. The van der Waals surface area contributed by atoms with Crippen molar-refractivity contribution in [3.05, 3.63) is 77.5 Å². The van der Waals surface area contributed by atoms with Crippen LogP contribution < -0.4 is 10.6 Å². The molecule has 3 rings (SSSR count). The Morgan fingerprint density at radius 2 is 1.96 bits per heavy atom. The second kappa shape index (κ2) is 10.1. The van der Waals surface area contributed by atoms with Crippen LogP contribution in [0.3, 0.4) is 0 Å². The summed E-state index contributed by atoms with van der Waals surface area (Å²) < 4.78 is 1.87. The zero-order valence-corrected chi connectivity index (χ0v) is 17.3. The van der Waals surface area contributed by atoms with Crippen LogP contribution in [0.1, 0.15) is 11.1 Å². The van der Waals surface area contributed by atoms with Gasteiger partial charge in [0, 0.05) is 43.8 Å². The lowest BCUT2D eigenvalue weighted by atomic mass is 10.2. The highest BCUT2D eigenvalue weighted by Gasteiger charge is 2.03. The summed E-state index contributed by atoms with van der Waals surface area (Å²) in [6.07, 6.45) is 7.10. The summed E-state index contributed by atoms with van der Waals surface area (Å²) in [7, 11) is 1.74. The Labute approximate surface area is 174 Å². The molecule has 0 aliphatic heterocycles. The molecule has 136 valence electrons. The minimum Gasteiger partial charge on any atom is -0.352 e. The van der Waals surface area contributed by atoms with E-state index in [0.717, 1.165) is 22.0 Å². The number of rotatable bonds is 5. The Morgan fingerprint density at radius 3 is 2.69 bits per heavy atom. The number of pyridine rings is 1. The monoisotopic (exact) mass is 482 g/mol. The lowest BCUT2D eigenvalue weighted by Crippen LogP contribution is -2.36. The van der Waals surface area contributed by atoms with Crippen LogP contribution in [0.25, 0.3) is 5.82 Å². The number of nitrogens with zero attached hydrogens (tertiary/aromatic N) is 4. The molecule has 26 heavy (non-hydrogen) atoms. The van der Waals surface area contributed by atoms with Gasteiger partial charge in [-0.3, -0.25) is 9.56 Å². The van der Waals surface area contributed by atoms with Crippen LogP contribution in [-0.2, 0) is 13.1 Å². The van der Waals surface area contributed by atoms with Crippen molar-refractivity contribution in [1.82, 2.24) is 25.2 Å². The van der Waals surface area contributed by atoms with Crippen molar-refractivity contribution in [3.8, 4) is 5.82 Å². The molecule has 3 aromatic rings. The van der Waals surface area contributed by atoms with Gasteiger partial charge in [0.15, 0.2) is 5.96 Å². The van der Waals surface area contributed by atoms with Crippen molar-refractivity contribution in [1.29, 1.82) is 0 Å². The van der Waals surface area contributed by atoms with Gasteiger partial charge in [-0.05, 0) is 29.3 Å². The van der Waals surface area contributed by atoms with Gasteiger partial charge in [-0.2, -0.15) is 0 Å². The second-order valence-electron chi connectivity index (χ2n) is 5.36. The molecule has 2 N–H and O–H groups in total. The maximum Gasteiger partial charge on any atom is 0.191 e. The number of benzene rings is 1. The number of aromatic nitrogens is 3. The van der Waals surface area contributed by atoms with E-state index in [1.165, 1.54) is 0 Å². The fourth-order valence-electron chi connectivity index (χ4n) is 2.33. The average molecular weight is 483 g/mol. The molecule has 0 amide bonds. The third kappa shape index (κ3) is 5.43. The summed E-state index contributed by atoms with van der Waals surface area (Å²) in [5.41, 5.74) is 2.12. The lowest BCUT2D eigenvalue weighted by Gasteiger charge is -2.13. The molecule has 0 spiro atoms. The van der Waals surface area contributed by atoms with Crippen molar-refractivity contribution in [2.24, 2.45) is 4.99 Å². The van der Waals surface area contributed by atoms with E-state index in [0.29, 0.717) is 19.0 Å². The average Bonchev–Trinajstić information content (AvgIpc) is 3.18. The summed E-state index contributed by atoms with van der Waals surface area (Å²) in [5, 5.41) is 7.29. The lowest BCUT2D eigenvalue weighted by molar-refractivity contribution is 0.806. The van der Waals surface area contributed by atoms with Gasteiger partial charge < -0.3 is 10.6 Å². The van der Waals surface area contributed by atoms with E-state index in [1.54, 1.807) is 25.8 Å². The smallest absolute Gasteiger partial charge is 0.191 e. The van der Waals surface area contributed by atoms with Crippen LogP contribution in [0.4, 0.5) is 0 Å². The first kappa shape index (κ1) is 20.2. The molecule has 0 aliphatic carbocycles. The molecule has 0 bridgehead atoms. The predicted octanol–water partition coefficient (Wildman–Crippen LogP) is 3.40. The number of hydrogen-bond donors (Lipinski definition) is 2. The van der Waals surface area contributed by atoms with Crippen LogP contribution in [0.5, 0.6) is 0 Å². The Bertz CT molecular complexity index is 850. The van der Waals surface area contributed by atoms with Crippen molar-refractivity contribution in [2.45, 2.75) is 13.1 Å². The van der Waals surface area contributed by atoms with Crippen LogP contribution >= 0.6 is 35.6 Å². The molecule has 2 heterocycles. The van der Waals surface area contributed by atoms with Crippen molar-refractivity contribution >= 4 is 41.5 Å². The zero-order valence-electron chi connectivity index (χ0n) is 14.3. The summed E-state index contributed by atoms with van der Waals surface area (Å²) in [5.74, 6) is 1.54. The van der Waals surface area contributed by atoms with E-state index in [4.69, 9.17) is 11.6 Å². The Morgan fingerprint density at radius 1 is 1.15 bits per heavy atom. The molecular weight excluding hydrogens is 463 g/mol.